The summed E-state index contributed by atoms with van der Waals surface area (Å²) in [4.78, 5) is 23.3. The highest BCUT2D eigenvalue weighted by molar-refractivity contribution is 6.47. The van der Waals surface area contributed by atoms with E-state index in [1.54, 1.807) is 6.92 Å². The molecule has 0 saturated carbocycles. The van der Waals surface area contributed by atoms with E-state index in [9.17, 15) is 4.79 Å². The molecule has 2 aliphatic rings. The lowest BCUT2D eigenvalue weighted by Gasteiger charge is -2.09. The monoisotopic (exact) mass is 191 g/mol. The van der Waals surface area contributed by atoms with E-state index in [-0.39, 0.29) is 5.97 Å². The number of carbonyl (C=O) groups excluding carboxylic acids is 1. The topological polar surface area (TPSA) is 63.4 Å². The Morgan fingerprint density at radius 3 is 3.21 bits per heavy atom. The highest BCUT2D eigenvalue weighted by Gasteiger charge is 2.22. The van der Waals surface area contributed by atoms with Crippen LogP contribution in [-0.2, 0) is 9.53 Å². The summed E-state index contributed by atoms with van der Waals surface area (Å²) in [7, 11) is 0. The molecule has 0 bridgehead atoms. The summed E-state index contributed by atoms with van der Waals surface area (Å²) in [5.41, 5.74) is 1.26. The number of carbonyl (C=O) groups is 1. The Bertz CT molecular complexity index is 391. The third-order valence-electron chi connectivity index (χ3n) is 1.89. The van der Waals surface area contributed by atoms with Crippen LogP contribution in [0.25, 0.3) is 0 Å². The maximum absolute atomic E-state index is 11.3. The number of hydrogen-bond donors (Lipinski definition) is 0. The van der Waals surface area contributed by atoms with E-state index in [0.29, 0.717) is 24.4 Å². The Morgan fingerprint density at radius 1 is 1.57 bits per heavy atom. The Balaban J connectivity index is 2.15. The molecule has 0 unspecified atom stereocenters. The highest BCUT2D eigenvalue weighted by atomic mass is 16.5. The van der Waals surface area contributed by atoms with E-state index in [1.807, 2.05) is 0 Å². The summed E-state index contributed by atoms with van der Waals surface area (Å²) >= 11 is 0. The van der Waals surface area contributed by atoms with E-state index in [2.05, 4.69) is 15.0 Å². The zero-order chi connectivity index (χ0) is 9.97. The second kappa shape index (κ2) is 3.53. The van der Waals surface area contributed by atoms with Crippen molar-refractivity contribution in [3.63, 3.8) is 0 Å². The molecule has 0 N–H and O–H groups in total. The molecule has 72 valence electrons. The molecule has 0 amide bonds. The van der Waals surface area contributed by atoms with Gasteiger partial charge in [-0.05, 0) is 6.92 Å². The first-order chi connectivity index (χ1) is 6.81. The van der Waals surface area contributed by atoms with Gasteiger partial charge in [0.25, 0.3) is 0 Å². The standard InChI is InChI=1S/C9H9N3O2/c1-2-14-9(13)6-3-7-8(10-4-6)12-5-11-7/h4-5H,2-3H2,1H3. The molecule has 2 heterocycles. The summed E-state index contributed by atoms with van der Waals surface area (Å²) < 4.78 is 4.86. The minimum absolute atomic E-state index is 0.329. The smallest absolute Gasteiger partial charge is 0.335 e. The number of aliphatic imine (C=N–C) groups is 3. The molecular weight excluding hydrogens is 182 g/mol. The van der Waals surface area contributed by atoms with Crippen LogP contribution in [-0.4, -0.2) is 30.5 Å². The molecular formula is C9H9N3O2. The summed E-state index contributed by atoms with van der Waals surface area (Å²) in [6.07, 6.45) is 3.39. The van der Waals surface area contributed by atoms with Crippen LogP contribution in [0, 0.1) is 0 Å². The van der Waals surface area contributed by atoms with Gasteiger partial charge in [-0.3, -0.25) is 0 Å². The minimum atomic E-state index is -0.329. The molecule has 0 fully saturated rings. The van der Waals surface area contributed by atoms with Gasteiger partial charge in [0.1, 0.15) is 6.34 Å². The van der Waals surface area contributed by atoms with Crippen molar-refractivity contribution in [1.82, 2.24) is 0 Å². The van der Waals surface area contributed by atoms with Crippen molar-refractivity contribution in [1.29, 1.82) is 0 Å². The Kier molecular flexibility index (Phi) is 2.22. The van der Waals surface area contributed by atoms with Crippen molar-refractivity contribution in [3.05, 3.63) is 11.8 Å². The number of amidine groups is 1. The summed E-state index contributed by atoms with van der Waals surface area (Å²) in [6.45, 7) is 2.14. The average Bonchev–Trinajstić information content (AvgIpc) is 2.64. The van der Waals surface area contributed by atoms with Crippen molar-refractivity contribution in [2.24, 2.45) is 15.0 Å². The SMILES string of the molecule is CCOC(=O)C1=CN=C2N=CN=C2C1. The van der Waals surface area contributed by atoms with Gasteiger partial charge in [0.2, 0.25) is 0 Å². The number of fused-ring (bicyclic) bond motifs is 1. The van der Waals surface area contributed by atoms with Crippen LogP contribution in [0.2, 0.25) is 0 Å². The number of rotatable bonds is 2. The molecule has 5 nitrogen and oxygen atoms in total. The number of ether oxygens (including phenoxy) is 1. The molecule has 0 aliphatic carbocycles. The van der Waals surface area contributed by atoms with Crippen LogP contribution in [0.1, 0.15) is 13.3 Å². The van der Waals surface area contributed by atoms with Crippen LogP contribution < -0.4 is 0 Å². The lowest BCUT2D eigenvalue weighted by Crippen LogP contribution is -2.18. The van der Waals surface area contributed by atoms with Crippen LogP contribution >= 0.6 is 0 Å². The van der Waals surface area contributed by atoms with Gasteiger partial charge in [-0.15, -0.1) is 0 Å². The third kappa shape index (κ3) is 1.48. The fraction of sp³-hybridized carbons (Fsp3) is 0.333. The Morgan fingerprint density at radius 2 is 2.43 bits per heavy atom. The Hall–Kier alpha value is -1.78. The third-order valence-corrected chi connectivity index (χ3v) is 1.89. The molecule has 0 radical (unpaired) electrons. The van der Waals surface area contributed by atoms with Crippen molar-refractivity contribution >= 4 is 23.9 Å². The molecule has 0 aromatic carbocycles. The molecule has 5 heteroatoms. The lowest BCUT2D eigenvalue weighted by atomic mass is 10.1. The lowest BCUT2D eigenvalue weighted by molar-refractivity contribution is -0.138. The van der Waals surface area contributed by atoms with Gasteiger partial charge < -0.3 is 4.74 Å². The zero-order valence-electron chi connectivity index (χ0n) is 7.73. The molecule has 0 saturated heterocycles. The molecule has 0 aromatic rings. The van der Waals surface area contributed by atoms with Crippen LogP contribution in [0.15, 0.2) is 26.8 Å². The van der Waals surface area contributed by atoms with Gasteiger partial charge >= 0.3 is 5.97 Å². The second-order valence-electron chi connectivity index (χ2n) is 2.82. The van der Waals surface area contributed by atoms with Crippen LogP contribution in [0.5, 0.6) is 0 Å². The second-order valence-corrected chi connectivity index (χ2v) is 2.82. The van der Waals surface area contributed by atoms with E-state index < -0.39 is 0 Å². The summed E-state index contributed by atoms with van der Waals surface area (Å²) in [5.74, 6) is 0.267. The van der Waals surface area contributed by atoms with Gasteiger partial charge in [0, 0.05) is 12.6 Å². The van der Waals surface area contributed by atoms with E-state index in [4.69, 9.17) is 4.74 Å². The van der Waals surface area contributed by atoms with Crippen LogP contribution in [0.4, 0.5) is 0 Å². The molecule has 2 rings (SSSR count). The molecule has 0 atom stereocenters. The predicted octanol–water partition coefficient (Wildman–Crippen LogP) is 0.719. The molecule has 0 aromatic heterocycles. The fourth-order valence-corrected chi connectivity index (χ4v) is 1.23. The minimum Gasteiger partial charge on any atom is -0.463 e. The number of hydrogen-bond acceptors (Lipinski definition) is 5. The first-order valence-corrected chi connectivity index (χ1v) is 4.35. The first-order valence-electron chi connectivity index (χ1n) is 4.35. The molecule has 0 spiro atoms. The maximum Gasteiger partial charge on any atom is 0.335 e. The van der Waals surface area contributed by atoms with Gasteiger partial charge in [-0.25, -0.2) is 19.8 Å². The quantitative estimate of drug-likeness (QED) is 0.603. The first kappa shape index (κ1) is 8.80. The van der Waals surface area contributed by atoms with Gasteiger partial charge in [0.05, 0.1) is 17.9 Å². The Labute approximate surface area is 80.9 Å². The van der Waals surface area contributed by atoms with Crippen molar-refractivity contribution in [2.75, 3.05) is 6.61 Å². The average molecular weight is 191 g/mol. The molecule has 14 heavy (non-hydrogen) atoms. The molecule has 2 aliphatic heterocycles. The van der Waals surface area contributed by atoms with Crippen molar-refractivity contribution in [3.8, 4) is 0 Å². The predicted molar refractivity (Wildman–Crippen MR) is 52.7 cm³/mol. The van der Waals surface area contributed by atoms with Gasteiger partial charge in [-0.2, -0.15) is 0 Å². The highest BCUT2D eigenvalue weighted by Crippen LogP contribution is 2.15. The van der Waals surface area contributed by atoms with E-state index >= 15 is 0 Å². The maximum atomic E-state index is 11.3. The van der Waals surface area contributed by atoms with E-state index in [0.717, 1.165) is 5.71 Å². The van der Waals surface area contributed by atoms with Crippen molar-refractivity contribution in [2.45, 2.75) is 13.3 Å². The number of esters is 1. The summed E-state index contributed by atoms with van der Waals surface area (Å²) in [6, 6.07) is 0. The van der Waals surface area contributed by atoms with E-state index in [1.165, 1.54) is 12.5 Å². The van der Waals surface area contributed by atoms with Gasteiger partial charge in [0.15, 0.2) is 5.84 Å². The normalized spacial score (nSPS) is 18.2. The number of nitrogens with zero attached hydrogens (tertiary/aromatic N) is 3. The van der Waals surface area contributed by atoms with Gasteiger partial charge in [-0.1, -0.05) is 0 Å². The largest absolute Gasteiger partial charge is 0.463 e. The van der Waals surface area contributed by atoms with Crippen LogP contribution in [0.3, 0.4) is 0 Å². The van der Waals surface area contributed by atoms with Crippen molar-refractivity contribution < 1.29 is 9.53 Å². The summed E-state index contributed by atoms with van der Waals surface area (Å²) in [5, 5.41) is 0. The zero-order valence-corrected chi connectivity index (χ0v) is 7.73. The fourth-order valence-electron chi connectivity index (χ4n) is 1.23.